The van der Waals surface area contributed by atoms with Gasteiger partial charge in [0.25, 0.3) is 0 Å². The minimum Gasteiger partial charge on any atom is -0.311 e. The standard InChI is InChI=1S/C10H21NS/c1-3-12-9-8-11-10(2)6-4-5-7-10/h11H,3-9H2,1-2H3. The zero-order valence-electron chi connectivity index (χ0n) is 8.36. The van der Waals surface area contributed by atoms with E-state index in [2.05, 4.69) is 19.2 Å². The SMILES string of the molecule is CCSCCNC1(C)CCCC1. The molecule has 12 heavy (non-hydrogen) atoms. The quantitative estimate of drug-likeness (QED) is 0.664. The van der Waals surface area contributed by atoms with E-state index >= 15 is 0 Å². The van der Waals surface area contributed by atoms with Crippen LogP contribution in [0, 0.1) is 0 Å². The van der Waals surface area contributed by atoms with Gasteiger partial charge >= 0.3 is 0 Å². The van der Waals surface area contributed by atoms with E-state index in [1.165, 1.54) is 43.7 Å². The van der Waals surface area contributed by atoms with Gasteiger partial charge in [-0.25, -0.2) is 0 Å². The molecule has 1 saturated carbocycles. The fraction of sp³-hybridized carbons (Fsp3) is 1.00. The van der Waals surface area contributed by atoms with Crippen LogP contribution in [0.25, 0.3) is 0 Å². The van der Waals surface area contributed by atoms with Crippen LogP contribution in [-0.4, -0.2) is 23.6 Å². The maximum absolute atomic E-state index is 3.67. The molecule has 0 aromatic heterocycles. The summed E-state index contributed by atoms with van der Waals surface area (Å²) in [5.74, 6) is 2.52. The van der Waals surface area contributed by atoms with E-state index in [-0.39, 0.29) is 0 Å². The maximum atomic E-state index is 3.67. The van der Waals surface area contributed by atoms with Crippen molar-refractivity contribution in [2.45, 2.75) is 45.1 Å². The number of nitrogens with one attached hydrogen (secondary N) is 1. The Kier molecular flexibility index (Phi) is 4.44. The smallest absolute Gasteiger partial charge is 0.0153 e. The molecule has 0 aliphatic heterocycles. The van der Waals surface area contributed by atoms with Crippen LogP contribution < -0.4 is 5.32 Å². The minimum atomic E-state index is 0.480. The van der Waals surface area contributed by atoms with Gasteiger partial charge < -0.3 is 5.32 Å². The van der Waals surface area contributed by atoms with Gasteiger partial charge in [0, 0.05) is 17.8 Å². The third-order valence-electron chi connectivity index (χ3n) is 2.71. The Bertz CT molecular complexity index is 119. The molecule has 0 heterocycles. The molecule has 0 spiro atoms. The van der Waals surface area contributed by atoms with Gasteiger partial charge in [-0.3, -0.25) is 0 Å². The van der Waals surface area contributed by atoms with Gasteiger partial charge in [-0.15, -0.1) is 0 Å². The molecule has 1 aliphatic carbocycles. The molecule has 0 saturated heterocycles. The predicted octanol–water partition coefficient (Wildman–Crippen LogP) is 2.66. The van der Waals surface area contributed by atoms with Crippen molar-refractivity contribution < 1.29 is 0 Å². The molecular weight excluding hydrogens is 166 g/mol. The molecule has 0 aromatic rings. The summed E-state index contributed by atoms with van der Waals surface area (Å²) in [5, 5.41) is 3.67. The van der Waals surface area contributed by atoms with Crippen LogP contribution in [0.4, 0.5) is 0 Å². The third kappa shape index (κ3) is 3.36. The molecule has 1 aliphatic rings. The third-order valence-corrected chi connectivity index (χ3v) is 3.61. The Morgan fingerprint density at radius 3 is 2.58 bits per heavy atom. The van der Waals surface area contributed by atoms with Gasteiger partial charge in [0.1, 0.15) is 0 Å². The number of rotatable bonds is 5. The van der Waals surface area contributed by atoms with E-state index in [1.807, 2.05) is 11.8 Å². The molecule has 1 nitrogen and oxygen atoms in total. The van der Waals surface area contributed by atoms with Crippen molar-refractivity contribution in [2.75, 3.05) is 18.1 Å². The highest BCUT2D eigenvalue weighted by Crippen LogP contribution is 2.28. The highest BCUT2D eigenvalue weighted by atomic mass is 32.2. The van der Waals surface area contributed by atoms with Gasteiger partial charge in [0.05, 0.1) is 0 Å². The second-order valence-corrected chi connectivity index (χ2v) is 5.29. The summed E-state index contributed by atoms with van der Waals surface area (Å²) in [7, 11) is 0. The van der Waals surface area contributed by atoms with Crippen molar-refractivity contribution in [1.82, 2.24) is 5.32 Å². The van der Waals surface area contributed by atoms with Crippen LogP contribution in [0.15, 0.2) is 0 Å². The molecule has 1 N–H and O–H groups in total. The first kappa shape index (κ1) is 10.4. The minimum absolute atomic E-state index is 0.480. The molecule has 0 amide bonds. The van der Waals surface area contributed by atoms with Gasteiger partial charge in [-0.2, -0.15) is 11.8 Å². The van der Waals surface area contributed by atoms with Crippen molar-refractivity contribution >= 4 is 11.8 Å². The molecular formula is C10H21NS. The zero-order valence-corrected chi connectivity index (χ0v) is 9.17. The summed E-state index contributed by atoms with van der Waals surface area (Å²) < 4.78 is 0. The van der Waals surface area contributed by atoms with Gasteiger partial charge in [-0.1, -0.05) is 19.8 Å². The zero-order chi connectivity index (χ0) is 8.86. The molecule has 0 bridgehead atoms. The Morgan fingerprint density at radius 1 is 1.33 bits per heavy atom. The van der Waals surface area contributed by atoms with E-state index in [0.29, 0.717) is 5.54 Å². The molecule has 0 radical (unpaired) electrons. The van der Waals surface area contributed by atoms with Crippen molar-refractivity contribution in [3.05, 3.63) is 0 Å². The highest BCUT2D eigenvalue weighted by molar-refractivity contribution is 7.99. The summed E-state index contributed by atoms with van der Waals surface area (Å²) in [5.41, 5.74) is 0.480. The topological polar surface area (TPSA) is 12.0 Å². The van der Waals surface area contributed by atoms with Gasteiger partial charge in [-0.05, 0) is 25.5 Å². The lowest BCUT2D eigenvalue weighted by Gasteiger charge is -2.25. The number of thioether (sulfide) groups is 1. The maximum Gasteiger partial charge on any atom is 0.0153 e. The number of hydrogen-bond acceptors (Lipinski definition) is 2. The summed E-state index contributed by atoms with van der Waals surface area (Å²) in [6.07, 6.45) is 5.60. The van der Waals surface area contributed by atoms with Crippen molar-refractivity contribution in [3.63, 3.8) is 0 Å². The summed E-state index contributed by atoms with van der Waals surface area (Å²) in [6.45, 7) is 5.79. The number of hydrogen-bond donors (Lipinski definition) is 1. The molecule has 0 atom stereocenters. The fourth-order valence-corrected chi connectivity index (χ4v) is 2.44. The summed E-state index contributed by atoms with van der Waals surface area (Å²) in [4.78, 5) is 0. The van der Waals surface area contributed by atoms with Crippen LogP contribution in [0.3, 0.4) is 0 Å². The summed E-state index contributed by atoms with van der Waals surface area (Å²) >= 11 is 2.03. The Balaban J connectivity index is 2.05. The van der Waals surface area contributed by atoms with E-state index in [4.69, 9.17) is 0 Å². The largest absolute Gasteiger partial charge is 0.311 e. The fourth-order valence-electron chi connectivity index (χ4n) is 1.90. The van der Waals surface area contributed by atoms with Crippen LogP contribution in [0.1, 0.15) is 39.5 Å². The van der Waals surface area contributed by atoms with Crippen molar-refractivity contribution in [2.24, 2.45) is 0 Å². The lowest BCUT2D eigenvalue weighted by Crippen LogP contribution is -2.40. The molecule has 2 heteroatoms. The van der Waals surface area contributed by atoms with E-state index in [0.717, 1.165) is 0 Å². The van der Waals surface area contributed by atoms with E-state index < -0.39 is 0 Å². The first-order valence-electron chi connectivity index (χ1n) is 5.10. The monoisotopic (exact) mass is 187 g/mol. The van der Waals surface area contributed by atoms with Gasteiger partial charge in [0.2, 0.25) is 0 Å². The Labute approximate surface area is 80.7 Å². The molecule has 0 unspecified atom stereocenters. The normalized spacial score (nSPS) is 21.5. The van der Waals surface area contributed by atoms with Crippen LogP contribution >= 0.6 is 11.8 Å². The van der Waals surface area contributed by atoms with Crippen molar-refractivity contribution in [1.29, 1.82) is 0 Å². The Morgan fingerprint density at radius 2 is 2.00 bits per heavy atom. The van der Waals surface area contributed by atoms with Crippen LogP contribution in [0.2, 0.25) is 0 Å². The predicted molar refractivity (Wildman–Crippen MR) is 57.9 cm³/mol. The van der Waals surface area contributed by atoms with Crippen molar-refractivity contribution in [3.8, 4) is 0 Å². The average molecular weight is 187 g/mol. The second-order valence-electron chi connectivity index (χ2n) is 3.89. The van der Waals surface area contributed by atoms with E-state index in [1.54, 1.807) is 0 Å². The molecule has 1 fully saturated rings. The van der Waals surface area contributed by atoms with E-state index in [9.17, 15) is 0 Å². The molecule has 0 aromatic carbocycles. The first-order valence-corrected chi connectivity index (χ1v) is 6.25. The Hall–Kier alpha value is 0.310. The average Bonchev–Trinajstić information content (AvgIpc) is 2.47. The second kappa shape index (κ2) is 5.13. The highest BCUT2D eigenvalue weighted by Gasteiger charge is 2.27. The van der Waals surface area contributed by atoms with Crippen LogP contribution in [0.5, 0.6) is 0 Å². The lowest BCUT2D eigenvalue weighted by molar-refractivity contribution is 0.376. The summed E-state index contributed by atoms with van der Waals surface area (Å²) in [6, 6.07) is 0. The lowest BCUT2D eigenvalue weighted by atomic mass is 10.0. The first-order chi connectivity index (χ1) is 5.77. The molecule has 1 rings (SSSR count). The molecule has 72 valence electrons. The van der Waals surface area contributed by atoms with Crippen LogP contribution in [-0.2, 0) is 0 Å². The van der Waals surface area contributed by atoms with Gasteiger partial charge in [0.15, 0.2) is 0 Å².